The van der Waals surface area contributed by atoms with Crippen molar-refractivity contribution in [1.29, 1.82) is 0 Å². The molecule has 2 saturated heterocycles. The summed E-state index contributed by atoms with van der Waals surface area (Å²) in [5.41, 5.74) is 2.53. The van der Waals surface area contributed by atoms with E-state index >= 15 is 0 Å². The van der Waals surface area contributed by atoms with Crippen molar-refractivity contribution in [2.24, 2.45) is 11.3 Å². The van der Waals surface area contributed by atoms with Crippen LogP contribution in [0.25, 0.3) is 0 Å². The fourth-order valence-electron chi connectivity index (χ4n) is 5.57. The summed E-state index contributed by atoms with van der Waals surface area (Å²) in [4.78, 5) is 2.45. The number of allylic oxidation sites excluding steroid dienone is 1. The molecule has 3 aliphatic carbocycles. The van der Waals surface area contributed by atoms with Crippen LogP contribution in [0, 0.1) is 11.3 Å². The number of aliphatic hydroxyl groups is 2. The number of rotatable bonds is 0. The van der Waals surface area contributed by atoms with Crippen LogP contribution >= 0.6 is 0 Å². The Balaban J connectivity index is 0.000000652. The normalized spacial score (nSPS) is 49.6. The van der Waals surface area contributed by atoms with Crippen LogP contribution in [0.15, 0.2) is 35.5 Å². The van der Waals surface area contributed by atoms with Crippen molar-refractivity contribution in [3.05, 3.63) is 35.5 Å². The Morgan fingerprint density at radius 3 is 2.74 bits per heavy atom. The minimum absolute atomic E-state index is 0.102. The van der Waals surface area contributed by atoms with Crippen molar-refractivity contribution >= 4 is 0 Å². The van der Waals surface area contributed by atoms with Crippen molar-refractivity contribution in [1.82, 2.24) is 4.90 Å². The second kappa shape index (κ2) is 5.28. The third-order valence-electron chi connectivity index (χ3n) is 6.45. The van der Waals surface area contributed by atoms with Gasteiger partial charge in [-0.1, -0.05) is 38.2 Å². The lowest BCUT2D eigenvalue weighted by Crippen LogP contribution is -2.61. The molecule has 2 N–H and O–H groups in total. The fraction of sp³-hybridized carbons (Fsp3) is 0.684. The Bertz CT molecular complexity index is 595. The van der Waals surface area contributed by atoms with E-state index in [2.05, 4.69) is 24.1 Å². The zero-order valence-electron chi connectivity index (χ0n) is 14.1. The van der Waals surface area contributed by atoms with Gasteiger partial charge in [-0.05, 0) is 37.6 Å². The molecule has 2 bridgehead atoms. The smallest absolute Gasteiger partial charge is 0.110 e. The van der Waals surface area contributed by atoms with Gasteiger partial charge in [-0.3, -0.25) is 0 Å². The Hall–Kier alpha value is -0.940. The van der Waals surface area contributed by atoms with Gasteiger partial charge in [-0.15, -0.1) is 0 Å². The summed E-state index contributed by atoms with van der Waals surface area (Å²) in [6.45, 7) is 5.03. The highest BCUT2D eigenvalue weighted by Crippen LogP contribution is 2.63. The maximum Gasteiger partial charge on any atom is 0.110 e. The van der Waals surface area contributed by atoms with Crippen molar-refractivity contribution < 1.29 is 14.9 Å². The number of piperidine rings is 1. The average molecular weight is 317 g/mol. The molecule has 0 saturated carbocycles. The molecule has 2 aliphatic heterocycles. The van der Waals surface area contributed by atoms with E-state index in [9.17, 15) is 10.2 Å². The van der Waals surface area contributed by atoms with Gasteiger partial charge in [0.25, 0.3) is 0 Å². The van der Waals surface area contributed by atoms with Crippen molar-refractivity contribution in [3.63, 3.8) is 0 Å². The molecule has 23 heavy (non-hydrogen) atoms. The van der Waals surface area contributed by atoms with Crippen LogP contribution in [0.3, 0.4) is 0 Å². The van der Waals surface area contributed by atoms with Gasteiger partial charge in [-0.2, -0.15) is 0 Å². The topological polar surface area (TPSA) is 52.9 Å². The van der Waals surface area contributed by atoms with Gasteiger partial charge in [0.1, 0.15) is 12.2 Å². The van der Waals surface area contributed by atoms with E-state index in [4.69, 9.17) is 4.74 Å². The van der Waals surface area contributed by atoms with Crippen LogP contribution in [-0.2, 0) is 4.74 Å². The molecule has 2 heterocycles. The van der Waals surface area contributed by atoms with E-state index in [1.165, 1.54) is 11.1 Å². The first-order chi connectivity index (χ1) is 11.1. The maximum absolute atomic E-state index is 10.5. The molecule has 0 aromatic carbocycles. The van der Waals surface area contributed by atoms with E-state index in [0.29, 0.717) is 12.0 Å². The first-order valence-corrected chi connectivity index (χ1v) is 8.95. The minimum Gasteiger partial charge on any atom is -0.386 e. The Morgan fingerprint density at radius 1 is 1.17 bits per heavy atom. The van der Waals surface area contributed by atoms with Gasteiger partial charge in [0, 0.05) is 17.4 Å². The molecule has 0 aromatic rings. The van der Waals surface area contributed by atoms with Gasteiger partial charge in [0.15, 0.2) is 0 Å². The molecular formula is C19H27NO3. The lowest BCUT2D eigenvalue weighted by molar-refractivity contribution is -0.107. The Labute approximate surface area is 138 Å². The molecule has 5 rings (SSSR count). The van der Waals surface area contributed by atoms with Gasteiger partial charge >= 0.3 is 0 Å². The predicted octanol–water partition coefficient (Wildman–Crippen LogP) is 1.65. The summed E-state index contributed by atoms with van der Waals surface area (Å²) in [7, 11) is 2.20. The number of nitrogens with zero attached hydrogens (tertiary/aromatic N) is 1. The number of hydrogen-bond acceptors (Lipinski definition) is 4. The van der Waals surface area contributed by atoms with Crippen LogP contribution in [0.5, 0.6) is 0 Å². The van der Waals surface area contributed by atoms with E-state index in [-0.39, 0.29) is 17.6 Å². The van der Waals surface area contributed by atoms with E-state index in [0.717, 1.165) is 19.4 Å². The first-order valence-electron chi connectivity index (χ1n) is 8.95. The number of ether oxygens (including phenoxy) is 1. The predicted molar refractivity (Wildman–Crippen MR) is 88.9 cm³/mol. The van der Waals surface area contributed by atoms with Crippen LogP contribution in [0.4, 0.5) is 0 Å². The van der Waals surface area contributed by atoms with Gasteiger partial charge < -0.3 is 19.8 Å². The highest BCUT2D eigenvalue weighted by Gasteiger charge is 2.66. The molecule has 5 unspecified atom stereocenters. The highest BCUT2D eigenvalue weighted by atomic mass is 16.5. The standard InChI is InChI=1S/C17H21NO3.C2H6/c1-18-7-6-17-10-3-5-13(20)16(17)21-15-12(19)4-2-9(14(15)17)8-11(10)18;1-2/h2-5,10-13,15-16,19-20H,6-8H2,1H3;1-2H3/t10?,11?,12-,13?,15?,16?,17-;/m0./s1. The van der Waals surface area contributed by atoms with Crippen molar-refractivity contribution in [2.75, 3.05) is 13.6 Å². The minimum atomic E-state index is -0.576. The van der Waals surface area contributed by atoms with Crippen molar-refractivity contribution in [3.8, 4) is 0 Å². The summed E-state index contributed by atoms with van der Waals surface area (Å²) in [5, 5.41) is 20.8. The monoisotopic (exact) mass is 317 g/mol. The molecule has 4 heteroatoms. The third kappa shape index (κ3) is 1.81. The summed E-state index contributed by atoms with van der Waals surface area (Å²) in [5.74, 6) is 0.395. The second-order valence-corrected chi connectivity index (χ2v) is 7.21. The van der Waals surface area contributed by atoms with Crippen LogP contribution < -0.4 is 0 Å². The number of aliphatic hydroxyl groups excluding tert-OH is 2. The van der Waals surface area contributed by atoms with Crippen LogP contribution in [0.1, 0.15) is 26.7 Å². The van der Waals surface area contributed by atoms with Crippen LogP contribution in [-0.4, -0.2) is 59.2 Å². The number of hydrogen-bond donors (Lipinski definition) is 2. The Kier molecular flexibility index (Phi) is 3.58. The van der Waals surface area contributed by atoms with E-state index < -0.39 is 12.2 Å². The van der Waals surface area contributed by atoms with Gasteiger partial charge in [-0.25, -0.2) is 0 Å². The lowest BCUT2D eigenvalue weighted by Gasteiger charge is -2.57. The molecule has 126 valence electrons. The zero-order chi connectivity index (χ0) is 16.4. The SMILES string of the molecule is CC.CN1CC[C@]23C4=C5C=C[C@H](O)C4OC2C(O)C=CC3C1C5. The number of likely N-dealkylation sites (tertiary alicyclic amines) is 1. The fourth-order valence-corrected chi connectivity index (χ4v) is 5.57. The molecule has 2 fully saturated rings. The molecule has 7 atom stereocenters. The molecule has 0 radical (unpaired) electrons. The lowest BCUT2D eigenvalue weighted by atomic mass is 9.52. The molecule has 0 amide bonds. The van der Waals surface area contributed by atoms with Gasteiger partial charge in [0.2, 0.25) is 0 Å². The molecule has 5 aliphatic rings. The zero-order valence-corrected chi connectivity index (χ0v) is 14.1. The van der Waals surface area contributed by atoms with Crippen molar-refractivity contribution in [2.45, 2.75) is 57.1 Å². The molecule has 0 aromatic heterocycles. The Morgan fingerprint density at radius 2 is 1.96 bits per heavy atom. The first kappa shape index (κ1) is 15.6. The average Bonchev–Trinajstić information content (AvgIpc) is 2.92. The summed E-state index contributed by atoms with van der Waals surface area (Å²) in [6.07, 6.45) is 8.50. The summed E-state index contributed by atoms with van der Waals surface area (Å²) < 4.78 is 6.21. The van der Waals surface area contributed by atoms with Crippen LogP contribution in [0.2, 0.25) is 0 Å². The third-order valence-corrected chi connectivity index (χ3v) is 6.45. The summed E-state index contributed by atoms with van der Waals surface area (Å²) >= 11 is 0. The van der Waals surface area contributed by atoms with Gasteiger partial charge in [0.05, 0.1) is 12.2 Å². The maximum atomic E-state index is 10.5. The van der Waals surface area contributed by atoms with E-state index in [1.807, 2.05) is 26.0 Å². The summed E-state index contributed by atoms with van der Waals surface area (Å²) in [6, 6.07) is 0.478. The molecular weight excluding hydrogens is 290 g/mol. The largest absolute Gasteiger partial charge is 0.386 e. The second-order valence-electron chi connectivity index (χ2n) is 7.21. The highest BCUT2D eigenvalue weighted by molar-refractivity contribution is 5.49. The molecule has 4 nitrogen and oxygen atoms in total. The van der Waals surface area contributed by atoms with E-state index in [1.54, 1.807) is 0 Å². The quantitative estimate of drug-likeness (QED) is 0.667. The molecule has 1 spiro atoms.